The first-order chi connectivity index (χ1) is 10.4. The second-order valence-corrected chi connectivity index (χ2v) is 5.05. The summed E-state index contributed by atoms with van der Waals surface area (Å²) >= 11 is 0. The van der Waals surface area contributed by atoms with E-state index < -0.39 is 36.9 Å². The molecule has 0 unspecified atom stereocenters. The highest BCUT2D eigenvalue weighted by atomic mass is 19.1. The van der Waals surface area contributed by atoms with E-state index in [4.69, 9.17) is 10.5 Å². The predicted octanol–water partition coefficient (Wildman–Crippen LogP) is -2.70. The number of anilines is 1. The van der Waals surface area contributed by atoms with Gasteiger partial charge in [0.2, 0.25) is 5.79 Å². The van der Waals surface area contributed by atoms with Crippen molar-refractivity contribution in [2.45, 2.75) is 23.7 Å². The zero-order valence-corrected chi connectivity index (χ0v) is 11.2. The molecule has 0 bridgehead atoms. The van der Waals surface area contributed by atoms with Crippen molar-refractivity contribution < 1.29 is 29.6 Å². The number of nitrogens with two attached hydrogens (primary N) is 1. The topological polar surface area (TPSA) is 159 Å². The number of alkyl halides is 1. The van der Waals surface area contributed by atoms with Crippen LogP contribution in [0.5, 0.6) is 0 Å². The number of rotatable bonds is 3. The summed E-state index contributed by atoms with van der Waals surface area (Å²) in [6, 6.07) is 0. The fourth-order valence-electron chi connectivity index (χ4n) is 2.48. The van der Waals surface area contributed by atoms with Gasteiger partial charge in [0.15, 0.2) is 17.6 Å². The quantitative estimate of drug-likeness (QED) is 0.406. The fourth-order valence-corrected chi connectivity index (χ4v) is 2.48. The summed E-state index contributed by atoms with van der Waals surface area (Å²) in [5.74, 6) is -2.68. The Morgan fingerprint density at radius 2 is 2.05 bits per heavy atom. The zero-order valence-electron chi connectivity index (χ0n) is 11.2. The Kier molecular flexibility index (Phi) is 3.27. The molecule has 3 atom stereocenters. The minimum atomic E-state index is -2.68. The first-order valence-electron chi connectivity index (χ1n) is 6.30. The molecule has 1 fully saturated rings. The normalized spacial score (nSPS) is 31.0. The van der Waals surface area contributed by atoms with E-state index in [2.05, 4.69) is 15.1 Å². The number of aliphatic hydroxyl groups is 4. The number of nitrogens with zero attached hydrogens (tertiary/aromatic N) is 4. The van der Waals surface area contributed by atoms with Crippen molar-refractivity contribution in [3.63, 3.8) is 0 Å². The molecule has 0 amide bonds. The van der Waals surface area contributed by atoms with Crippen LogP contribution in [-0.4, -0.2) is 71.1 Å². The molecule has 0 saturated carbocycles. The largest absolute Gasteiger partial charge is 0.393 e. The molecule has 120 valence electrons. The van der Waals surface area contributed by atoms with E-state index in [9.17, 15) is 24.8 Å². The molecule has 0 radical (unpaired) electrons. The van der Waals surface area contributed by atoms with Crippen LogP contribution in [0.3, 0.4) is 0 Å². The van der Waals surface area contributed by atoms with Crippen molar-refractivity contribution in [1.82, 2.24) is 19.6 Å². The maximum Gasteiger partial charge on any atom is 0.247 e. The lowest BCUT2D eigenvalue weighted by Crippen LogP contribution is -2.48. The molecule has 22 heavy (non-hydrogen) atoms. The second-order valence-electron chi connectivity index (χ2n) is 5.05. The van der Waals surface area contributed by atoms with Gasteiger partial charge in [0.05, 0.1) is 19.4 Å². The predicted molar refractivity (Wildman–Crippen MR) is 68.0 cm³/mol. The minimum Gasteiger partial charge on any atom is -0.393 e. The zero-order chi connectivity index (χ0) is 16.1. The van der Waals surface area contributed by atoms with Crippen LogP contribution in [0.15, 0.2) is 12.5 Å². The highest BCUT2D eigenvalue weighted by molar-refractivity contribution is 5.59. The van der Waals surface area contributed by atoms with E-state index in [0.29, 0.717) is 0 Å². The first kappa shape index (κ1) is 15.0. The van der Waals surface area contributed by atoms with Crippen molar-refractivity contribution in [2.24, 2.45) is 0 Å². The second kappa shape index (κ2) is 4.79. The standard InChI is InChI=1S/C11H14FN5O5/c12-6-7(20)10(2-18,3-19)22-11(6,21)5-1-14-9-8(13)15-4-16-17(5)9/h1,4,6-7,18-21H,2-3H2,(H2,13,15,16)/t6-,7+,11+/m1/s1. The number of hydrogen-bond donors (Lipinski definition) is 5. The molecular weight excluding hydrogens is 301 g/mol. The highest BCUT2D eigenvalue weighted by Gasteiger charge is 2.64. The van der Waals surface area contributed by atoms with Gasteiger partial charge < -0.3 is 30.9 Å². The number of ether oxygens (including phenoxy) is 1. The number of imidazole rings is 1. The average molecular weight is 315 g/mol. The van der Waals surface area contributed by atoms with Gasteiger partial charge in [0, 0.05) is 0 Å². The molecular formula is C11H14FN5O5. The van der Waals surface area contributed by atoms with Crippen LogP contribution in [0.1, 0.15) is 5.69 Å². The van der Waals surface area contributed by atoms with Gasteiger partial charge in [0.1, 0.15) is 23.7 Å². The molecule has 1 aliphatic rings. The SMILES string of the molecule is Nc1ncnn2c([C@]3(O)OC(CO)(CO)[C@@H](O)[C@H]3F)cnc12. The third-order valence-corrected chi connectivity index (χ3v) is 3.78. The van der Waals surface area contributed by atoms with Crippen LogP contribution in [0.25, 0.3) is 5.65 Å². The van der Waals surface area contributed by atoms with E-state index >= 15 is 0 Å². The van der Waals surface area contributed by atoms with Crippen LogP contribution < -0.4 is 5.73 Å². The lowest BCUT2D eigenvalue weighted by molar-refractivity contribution is -0.265. The van der Waals surface area contributed by atoms with Crippen LogP contribution in [0, 0.1) is 0 Å². The monoisotopic (exact) mass is 315 g/mol. The van der Waals surface area contributed by atoms with Gasteiger partial charge in [-0.2, -0.15) is 5.10 Å². The summed E-state index contributed by atoms with van der Waals surface area (Å²) in [6.07, 6.45) is -2.19. The minimum absolute atomic E-state index is 0.00520. The third-order valence-electron chi connectivity index (χ3n) is 3.78. The van der Waals surface area contributed by atoms with Crippen molar-refractivity contribution in [3.05, 3.63) is 18.2 Å². The van der Waals surface area contributed by atoms with Gasteiger partial charge in [-0.25, -0.2) is 18.9 Å². The van der Waals surface area contributed by atoms with Crippen molar-refractivity contribution in [3.8, 4) is 0 Å². The molecule has 1 aliphatic heterocycles. The molecule has 3 rings (SSSR count). The average Bonchev–Trinajstić information content (AvgIpc) is 3.04. The summed E-state index contributed by atoms with van der Waals surface area (Å²) in [5.41, 5.74) is 3.34. The van der Waals surface area contributed by atoms with Crippen molar-refractivity contribution in [1.29, 1.82) is 0 Å². The summed E-state index contributed by atoms with van der Waals surface area (Å²) in [5, 5.41) is 42.8. The fraction of sp³-hybridized carbons (Fsp3) is 0.545. The molecule has 0 aliphatic carbocycles. The number of aliphatic hydroxyl groups excluding tert-OH is 3. The molecule has 0 aromatic carbocycles. The lowest BCUT2D eigenvalue weighted by Gasteiger charge is -2.28. The molecule has 10 nitrogen and oxygen atoms in total. The Bertz CT molecular complexity index is 707. The Labute approximate surface area is 122 Å². The van der Waals surface area contributed by atoms with Gasteiger partial charge in [-0.3, -0.25) is 0 Å². The van der Waals surface area contributed by atoms with E-state index in [-0.39, 0.29) is 17.2 Å². The molecule has 11 heteroatoms. The molecule has 0 spiro atoms. The van der Waals surface area contributed by atoms with Crippen LogP contribution in [-0.2, 0) is 10.5 Å². The van der Waals surface area contributed by atoms with Crippen molar-refractivity contribution in [2.75, 3.05) is 18.9 Å². The van der Waals surface area contributed by atoms with Gasteiger partial charge in [-0.15, -0.1) is 0 Å². The van der Waals surface area contributed by atoms with Gasteiger partial charge in [-0.05, 0) is 0 Å². The van der Waals surface area contributed by atoms with Gasteiger partial charge >= 0.3 is 0 Å². The van der Waals surface area contributed by atoms with E-state index in [1.165, 1.54) is 0 Å². The Hall–Kier alpha value is -1.92. The summed E-state index contributed by atoms with van der Waals surface area (Å²) in [6.45, 7) is -1.80. The Balaban J connectivity index is 2.15. The van der Waals surface area contributed by atoms with Gasteiger partial charge in [0.25, 0.3) is 0 Å². The lowest BCUT2D eigenvalue weighted by atomic mass is 9.95. The Morgan fingerprint density at radius 1 is 1.36 bits per heavy atom. The maximum atomic E-state index is 14.5. The number of aromatic nitrogens is 4. The molecule has 6 N–H and O–H groups in total. The first-order valence-corrected chi connectivity index (χ1v) is 6.30. The molecule has 1 saturated heterocycles. The Morgan fingerprint density at radius 3 is 2.64 bits per heavy atom. The number of halogens is 1. The molecule has 2 aromatic rings. The summed E-state index contributed by atoms with van der Waals surface area (Å²) in [4.78, 5) is 7.57. The maximum absolute atomic E-state index is 14.5. The third kappa shape index (κ3) is 1.74. The van der Waals surface area contributed by atoms with E-state index in [1.807, 2.05) is 0 Å². The number of hydrogen-bond acceptors (Lipinski definition) is 9. The smallest absolute Gasteiger partial charge is 0.247 e. The van der Waals surface area contributed by atoms with Crippen LogP contribution in [0.4, 0.5) is 10.2 Å². The number of fused-ring (bicyclic) bond motifs is 1. The van der Waals surface area contributed by atoms with E-state index in [1.54, 1.807) is 0 Å². The summed E-state index contributed by atoms with van der Waals surface area (Å²) < 4.78 is 20.6. The highest BCUT2D eigenvalue weighted by Crippen LogP contribution is 2.44. The van der Waals surface area contributed by atoms with Gasteiger partial charge in [-0.1, -0.05) is 0 Å². The van der Waals surface area contributed by atoms with Crippen LogP contribution in [0.2, 0.25) is 0 Å². The van der Waals surface area contributed by atoms with Crippen molar-refractivity contribution >= 4 is 11.5 Å². The molecule has 3 heterocycles. The summed E-state index contributed by atoms with van der Waals surface area (Å²) in [7, 11) is 0. The molecule has 2 aromatic heterocycles. The van der Waals surface area contributed by atoms with E-state index in [0.717, 1.165) is 17.0 Å². The number of nitrogen functional groups attached to an aromatic ring is 1. The van der Waals surface area contributed by atoms with Crippen LogP contribution >= 0.6 is 0 Å².